The Morgan fingerprint density at radius 3 is 1.75 bits per heavy atom. The molecule has 6 heteroatoms. The van der Waals surface area contributed by atoms with Crippen molar-refractivity contribution in [1.29, 1.82) is 0 Å². The molecule has 0 aliphatic heterocycles. The molecule has 0 atom stereocenters. The first-order chi connectivity index (χ1) is 32.1. The van der Waals surface area contributed by atoms with Gasteiger partial charge in [-0.25, -0.2) is 0 Å². The maximum atomic E-state index is 6.45. The van der Waals surface area contributed by atoms with E-state index in [4.69, 9.17) is 14.4 Å². The van der Waals surface area contributed by atoms with Crippen molar-refractivity contribution in [2.75, 3.05) is 0 Å². The summed E-state index contributed by atoms with van der Waals surface area (Å²) in [6, 6.07) is 52.9. The molecule has 0 bridgehead atoms. The van der Waals surface area contributed by atoms with Crippen LogP contribution in [0.3, 0.4) is 0 Å². The minimum Gasteiger partial charge on any atom is -0.455 e. The predicted octanol–water partition coefficient (Wildman–Crippen LogP) is 16.4. The maximum absolute atomic E-state index is 6.45. The van der Waals surface area contributed by atoms with E-state index in [9.17, 15) is 0 Å². The third-order valence-electron chi connectivity index (χ3n) is 12.4. The number of hydrogen-bond donors (Lipinski definition) is 0. The second kappa shape index (κ2) is 21.7. The standard InChI is InChI=1S/C27H21NO.C19H27NSi.C16H19N.Ir/c1-2-8-18(9-3-1)20-12-7-15-24-25(20)22-13-6-14-23(27(22)29-24)26-21-11-5-4-10-19(21)16-17-28-26;1-19(2,3)13-16-12-17(15-10-8-7-9-11-15)20-14-18(16)21(4,5)6;1-16(2,3)12-13-9-10-17-15(11-13)14-7-5-4-6-8-14;/h1-3,6-9,12-17H,4-5,10-11H2;7-12,14H,13H2,1-6H3;4-11H,12H2,1-3H3;. The molecule has 0 unspecified atom stereocenters. The third-order valence-corrected chi connectivity index (χ3v) is 14.4. The van der Waals surface area contributed by atoms with Crippen LogP contribution in [0.2, 0.25) is 19.6 Å². The van der Waals surface area contributed by atoms with Crippen molar-refractivity contribution >= 4 is 35.2 Å². The Morgan fingerprint density at radius 1 is 0.544 bits per heavy atom. The number of aryl methyl sites for hydroxylation is 1. The quantitative estimate of drug-likeness (QED) is 0.149. The molecule has 4 heterocycles. The molecule has 1 radical (unpaired) electrons. The summed E-state index contributed by atoms with van der Waals surface area (Å²) in [6.45, 7) is 20.9. The van der Waals surface area contributed by atoms with E-state index in [-0.39, 0.29) is 20.1 Å². The van der Waals surface area contributed by atoms with Gasteiger partial charge in [0.2, 0.25) is 0 Å². The maximum Gasteiger partial charge on any atom is 0.144 e. The Labute approximate surface area is 420 Å². The summed E-state index contributed by atoms with van der Waals surface area (Å²) in [4.78, 5) is 14.0. The third kappa shape index (κ3) is 12.5. The fourth-order valence-corrected chi connectivity index (χ4v) is 11.0. The Morgan fingerprint density at radius 2 is 1.12 bits per heavy atom. The van der Waals surface area contributed by atoms with E-state index in [1.807, 2.05) is 30.6 Å². The molecule has 9 aromatic rings. The van der Waals surface area contributed by atoms with Gasteiger partial charge in [0.25, 0.3) is 0 Å². The van der Waals surface area contributed by atoms with Gasteiger partial charge in [0.05, 0.1) is 25.2 Å². The van der Waals surface area contributed by atoms with Crippen molar-refractivity contribution in [2.45, 2.75) is 99.7 Å². The molecule has 68 heavy (non-hydrogen) atoms. The van der Waals surface area contributed by atoms with Crippen molar-refractivity contribution in [3.63, 3.8) is 0 Å². The van der Waals surface area contributed by atoms with Crippen LogP contribution in [0.5, 0.6) is 0 Å². The van der Waals surface area contributed by atoms with E-state index in [1.54, 1.807) is 0 Å². The van der Waals surface area contributed by atoms with Gasteiger partial charge in [-0.2, -0.15) is 0 Å². The Hall–Kier alpha value is -5.78. The molecule has 1 aliphatic carbocycles. The minimum absolute atomic E-state index is 0. The zero-order valence-corrected chi connectivity index (χ0v) is 44.9. The first-order valence-corrected chi connectivity index (χ1v) is 27.6. The normalized spacial score (nSPS) is 12.5. The molecule has 4 nitrogen and oxygen atoms in total. The summed E-state index contributed by atoms with van der Waals surface area (Å²) in [6.07, 6.45) is 12.9. The van der Waals surface area contributed by atoms with Gasteiger partial charge < -0.3 is 4.42 Å². The van der Waals surface area contributed by atoms with Crippen LogP contribution >= 0.6 is 0 Å². The molecule has 5 aromatic carbocycles. The van der Waals surface area contributed by atoms with Crippen molar-refractivity contribution in [3.8, 4) is 44.9 Å². The number of nitrogens with zero attached hydrogens (tertiary/aromatic N) is 3. The van der Waals surface area contributed by atoms with Gasteiger partial charge in [-0.1, -0.05) is 176 Å². The summed E-state index contributed by atoms with van der Waals surface area (Å²) >= 11 is 0. The van der Waals surface area contributed by atoms with Crippen LogP contribution in [0.1, 0.15) is 76.6 Å². The molecule has 0 fully saturated rings. The number of fused-ring (bicyclic) bond motifs is 4. The first-order valence-electron chi connectivity index (χ1n) is 24.1. The Balaban J connectivity index is 0.000000157. The summed E-state index contributed by atoms with van der Waals surface area (Å²) < 4.78 is 6.45. The largest absolute Gasteiger partial charge is 0.455 e. The van der Waals surface area contributed by atoms with Gasteiger partial charge in [-0.15, -0.1) is 0 Å². The van der Waals surface area contributed by atoms with E-state index in [1.165, 1.54) is 67.9 Å². The second-order valence-corrected chi connectivity index (χ2v) is 26.6. The van der Waals surface area contributed by atoms with Gasteiger partial charge in [0, 0.05) is 66.2 Å². The SMILES string of the molecule is CC(C)(C)Cc1cc(-c2ccccc2)ncc1[Si](C)(C)C.CC(C)(C)Cc1ccnc(-c2ccccc2)c1.[Ir].c1ccc(-c2cccc3oc4c(-c5nccc6c5CCCC6)cccc4c23)cc1. The Kier molecular flexibility index (Phi) is 16.0. The van der Waals surface area contributed by atoms with Gasteiger partial charge in [-0.3, -0.25) is 15.0 Å². The van der Waals surface area contributed by atoms with Crippen LogP contribution in [-0.4, -0.2) is 23.0 Å². The van der Waals surface area contributed by atoms with Crippen LogP contribution in [0.15, 0.2) is 175 Å². The van der Waals surface area contributed by atoms with Crippen molar-refractivity contribution in [3.05, 3.63) is 193 Å². The van der Waals surface area contributed by atoms with Gasteiger partial charge in [-0.05, 0) is 124 Å². The molecule has 0 saturated heterocycles. The van der Waals surface area contributed by atoms with E-state index in [0.29, 0.717) is 10.8 Å². The zero-order valence-electron chi connectivity index (χ0n) is 41.5. The Bertz CT molecular complexity index is 3070. The molecular weight excluding hydrogens is 1020 g/mol. The number of rotatable bonds is 7. The number of para-hydroxylation sites is 1. The number of pyridine rings is 3. The smallest absolute Gasteiger partial charge is 0.144 e. The molecule has 0 saturated carbocycles. The van der Waals surface area contributed by atoms with Crippen molar-refractivity contribution < 1.29 is 24.5 Å². The van der Waals surface area contributed by atoms with Gasteiger partial charge in [0.15, 0.2) is 0 Å². The molecule has 0 amide bonds. The molecule has 1 aliphatic rings. The van der Waals surface area contributed by atoms with E-state index >= 15 is 0 Å². The summed E-state index contributed by atoms with van der Waals surface area (Å²) in [5.74, 6) is 0. The van der Waals surface area contributed by atoms with Gasteiger partial charge in [0.1, 0.15) is 11.2 Å². The average molecular weight is 1090 g/mol. The van der Waals surface area contributed by atoms with E-state index in [0.717, 1.165) is 64.9 Å². The molecule has 10 rings (SSSR count). The zero-order chi connectivity index (χ0) is 47.2. The molecule has 4 aromatic heterocycles. The summed E-state index contributed by atoms with van der Waals surface area (Å²) in [5, 5.41) is 3.84. The number of aromatic nitrogens is 3. The fraction of sp³-hybridized carbons (Fsp3) is 0.274. The minimum atomic E-state index is -1.36. The van der Waals surface area contributed by atoms with Gasteiger partial charge >= 0.3 is 0 Å². The van der Waals surface area contributed by atoms with Crippen molar-refractivity contribution in [1.82, 2.24) is 15.0 Å². The molecular formula is C62H67IrN3OSi. The fourth-order valence-electron chi connectivity index (χ4n) is 9.41. The number of furan rings is 1. The van der Waals surface area contributed by atoms with Crippen molar-refractivity contribution in [2.24, 2.45) is 10.8 Å². The van der Waals surface area contributed by atoms with E-state index in [2.05, 4.69) is 206 Å². The molecule has 349 valence electrons. The topological polar surface area (TPSA) is 51.8 Å². The van der Waals surface area contributed by atoms with Crippen LogP contribution in [0, 0.1) is 10.8 Å². The van der Waals surface area contributed by atoms with Crippen LogP contribution in [0.25, 0.3) is 66.8 Å². The first kappa shape index (κ1) is 50.1. The van der Waals surface area contributed by atoms with Crippen LogP contribution in [0.4, 0.5) is 0 Å². The van der Waals surface area contributed by atoms with Crippen LogP contribution in [-0.2, 0) is 45.8 Å². The molecule has 0 spiro atoms. The number of benzene rings is 5. The summed E-state index contributed by atoms with van der Waals surface area (Å²) in [7, 11) is -1.36. The number of hydrogen-bond acceptors (Lipinski definition) is 4. The monoisotopic (exact) mass is 1090 g/mol. The second-order valence-electron chi connectivity index (χ2n) is 21.6. The van der Waals surface area contributed by atoms with E-state index < -0.39 is 8.07 Å². The predicted molar refractivity (Wildman–Crippen MR) is 288 cm³/mol. The van der Waals surface area contributed by atoms with Crippen LogP contribution < -0.4 is 5.19 Å². The average Bonchev–Trinajstić information content (AvgIpc) is 3.71. The molecule has 0 N–H and O–H groups in total. The summed E-state index contributed by atoms with van der Waals surface area (Å²) in [5.41, 5.74) is 17.3.